The predicted molar refractivity (Wildman–Crippen MR) is 218 cm³/mol. The average molecular weight is 893 g/mol. The van der Waals surface area contributed by atoms with E-state index in [1.54, 1.807) is 24.3 Å². The molecule has 14 nitrogen and oxygen atoms in total. The zero-order valence-corrected chi connectivity index (χ0v) is 34.6. The molecule has 0 aliphatic heterocycles. The second-order valence-corrected chi connectivity index (χ2v) is 19.2. The lowest BCUT2D eigenvalue weighted by Gasteiger charge is -2.25. The number of carbonyl (C=O) groups is 1. The summed E-state index contributed by atoms with van der Waals surface area (Å²) < 4.78 is 117. The molecule has 0 spiro atoms. The number of aromatic nitrogens is 4. The molecule has 6 aromatic rings. The molecule has 6 rings (SSSR count). The number of ether oxygens (including phenoxy) is 1. The van der Waals surface area contributed by atoms with Crippen LogP contribution in [0.2, 0.25) is 5.02 Å². The van der Waals surface area contributed by atoms with E-state index in [9.17, 15) is 49.1 Å². The van der Waals surface area contributed by atoms with Crippen LogP contribution in [-0.4, -0.2) is 72.9 Å². The molecule has 1 amide bonds. The van der Waals surface area contributed by atoms with Crippen LogP contribution in [0, 0.1) is 11.6 Å². The van der Waals surface area contributed by atoms with Crippen LogP contribution >= 0.6 is 11.6 Å². The molecule has 318 valence electrons. The van der Waals surface area contributed by atoms with Gasteiger partial charge in [-0.1, -0.05) is 29.8 Å². The highest BCUT2D eigenvalue weighted by Crippen LogP contribution is 2.37. The van der Waals surface area contributed by atoms with Gasteiger partial charge in [0.1, 0.15) is 29.8 Å². The van der Waals surface area contributed by atoms with Gasteiger partial charge in [-0.25, -0.2) is 44.2 Å². The molecule has 1 atom stereocenters. The van der Waals surface area contributed by atoms with Gasteiger partial charge in [-0.05, 0) is 85.5 Å². The molecule has 0 saturated carbocycles. The van der Waals surface area contributed by atoms with Crippen molar-refractivity contribution in [2.24, 2.45) is 0 Å². The van der Waals surface area contributed by atoms with Crippen LogP contribution in [0.25, 0.3) is 27.5 Å². The fraction of sp³-hybridized carbons (Fsp3) is 0.282. The maximum Gasteiger partial charge on any atom is 0.405 e. The lowest BCUT2D eigenvalue weighted by atomic mass is 10.00. The molecule has 2 heterocycles. The summed E-state index contributed by atoms with van der Waals surface area (Å²) in [5, 5.41) is 15.9. The summed E-state index contributed by atoms with van der Waals surface area (Å²) in [5.74, 6) is -2.80. The molecule has 0 aliphatic rings. The third-order valence-corrected chi connectivity index (χ3v) is 13.6. The topological polar surface area (TPSA) is 192 Å². The predicted octanol–water partition coefficient (Wildman–Crippen LogP) is 6.76. The van der Waals surface area contributed by atoms with Gasteiger partial charge in [0.25, 0.3) is 12.0 Å². The molecule has 2 aromatic heterocycles. The number of hydrogen-bond donors (Lipinski definition) is 3. The number of fused-ring (bicyclic) bond motifs is 2. The number of carboxylic acid groups (broad SMARTS) is 1. The van der Waals surface area contributed by atoms with E-state index < -0.39 is 90.7 Å². The van der Waals surface area contributed by atoms with Gasteiger partial charge in [0.2, 0.25) is 10.0 Å². The maximum absolute atomic E-state index is 14.8. The van der Waals surface area contributed by atoms with Crippen molar-refractivity contribution >= 4 is 65.2 Å². The number of anilines is 1. The molecule has 4 aromatic carbocycles. The van der Waals surface area contributed by atoms with E-state index in [-0.39, 0.29) is 50.1 Å². The van der Waals surface area contributed by atoms with Crippen LogP contribution < -0.4 is 20.3 Å². The molecule has 0 aliphatic carbocycles. The maximum atomic E-state index is 14.8. The van der Waals surface area contributed by atoms with E-state index in [0.717, 1.165) is 27.6 Å². The van der Waals surface area contributed by atoms with Crippen molar-refractivity contribution in [3.8, 4) is 11.4 Å². The zero-order chi connectivity index (χ0) is 43.9. The highest BCUT2D eigenvalue weighted by atomic mass is 35.5. The van der Waals surface area contributed by atoms with Crippen molar-refractivity contribution < 1.29 is 49.0 Å². The standard InChI is InChI=1S/C39H37ClF4N6O8S2/c1-39(2,59(4,54)55)23-7-10-27-29(18-23)45-36(30(46-38(52)53)17-22-15-24(41)19-25(42)16-22)50(37(27)51)31-12-11-28(40)33-34(31)49(20-32(43)44)47-35(33)48-60(56,57)14-13-21-5-8-26(58-3)9-6-21/h5-12,15-16,18-19,30,32,46H,13-14,17,20H2,1-4H3,(H,47,48)(H,52,53)/t30-/m0/s1. The Morgan fingerprint density at radius 3 is 2.23 bits per heavy atom. The van der Waals surface area contributed by atoms with Gasteiger partial charge in [0, 0.05) is 18.7 Å². The number of amides is 1. The second-order valence-electron chi connectivity index (χ2n) is 14.3. The van der Waals surface area contributed by atoms with Gasteiger partial charge in [-0.3, -0.25) is 18.8 Å². The van der Waals surface area contributed by atoms with Crippen LogP contribution in [0.15, 0.2) is 77.6 Å². The Hall–Kier alpha value is -5.73. The van der Waals surface area contributed by atoms with E-state index in [1.165, 1.54) is 51.3 Å². The van der Waals surface area contributed by atoms with E-state index in [2.05, 4.69) is 20.1 Å². The molecular weight excluding hydrogens is 856 g/mol. The molecular formula is C39H37ClF4N6O8S2. The summed E-state index contributed by atoms with van der Waals surface area (Å²) >= 11 is 6.64. The molecule has 0 unspecified atom stereocenters. The lowest BCUT2D eigenvalue weighted by Crippen LogP contribution is -2.35. The quantitative estimate of drug-likeness (QED) is 0.0929. The third kappa shape index (κ3) is 9.19. The number of benzene rings is 4. The normalized spacial score (nSPS) is 12.9. The number of methoxy groups -OCH3 is 1. The van der Waals surface area contributed by atoms with Crippen LogP contribution in [0.1, 0.15) is 42.4 Å². The number of halogens is 5. The van der Waals surface area contributed by atoms with Gasteiger partial charge >= 0.3 is 6.09 Å². The molecule has 3 N–H and O–H groups in total. The molecule has 0 saturated heterocycles. The van der Waals surface area contributed by atoms with Gasteiger partial charge in [0.15, 0.2) is 15.7 Å². The minimum absolute atomic E-state index is 0.0335. The first-order chi connectivity index (χ1) is 28.1. The molecule has 0 fully saturated rings. The second kappa shape index (κ2) is 16.7. The Bertz CT molecular complexity index is 2910. The first-order valence-corrected chi connectivity index (χ1v) is 21.8. The minimum atomic E-state index is -4.25. The van der Waals surface area contributed by atoms with Gasteiger partial charge < -0.3 is 15.2 Å². The summed E-state index contributed by atoms with van der Waals surface area (Å²) in [6.45, 7) is 1.72. The van der Waals surface area contributed by atoms with E-state index in [0.29, 0.717) is 17.4 Å². The van der Waals surface area contributed by atoms with Crippen LogP contribution in [0.3, 0.4) is 0 Å². The first kappa shape index (κ1) is 43.8. The van der Waals surface area contributed by atoms with Gasteiger partial charge in [0.05, 0.1) is 56.2 Å². The summed E-state index contributed by atoms with van der Waals surface area (Å²) in [5.41, 5.74) is -0.811. The first-order valence-electron chi connectivity index (χ1n) is 17.9. The lowest BCUT2D eigenvalue weighted by molar-refractivity contribution is 0.123. The Morgan fingerprint density at radius 1 is 0.967 bits per heavy atom. The summed E-state index contributed by atoms with van der Waals surface area (Å²) in [7, 11) is -6.54. The van der Waals surface area contributed by atoms with Crippen molar-refractivity contribution in [1.29, 1.82) is 0 Å². The number of sulfone groups is 1. The Morgan fingerprint density at radius 2 is 1.63 bits per heavy atom. The number of nitrogens with zero attached hydrogens (tertiary/aromatic N) is 4. The Kier molecular flexibility index (Phi) is 12.2. The number of sulfonamides is 1. The van der Waals surface area contributed by atoms with Crippen molar-refractivity contribution in [3.05, 3.63) is 122 Å². The van der Waals surface area contributed by atoms with Crippen LogP contribution in [-0.2, 0) is 44.0 Å². The van der Waals surface area contributed by atoms with Crippen LogP contribution in [0.5, 0.6) is 5.75 Å². The van der Waals surface area contributed by atoms with E-state index >= 15 is 0 Å². The van der Waals surface area contributed by atoms with Crippen molar-refractivity contribution in [2.75, 3.05) is 23.8 Å². The van der Waals surface area contributed by atoms with Crippen molar-refractivity contribution in [1.82, 2.24) is 24.6 Å². The minimum Gasteiger partial charge on any atom is -0.497 e. The average Bonchev–Trinajstić information content (AvgIpc) is 3.49. The number of rotatable bonds is 15. The Labute approximate surface area is 345 Å². The van der Waals surface area contributed by atoms with E-state index in [1.807, 2.05) is 0 Å². The summed E-state index contributed by atoms with van der Waals surface area (Å²) in [6, 6.07) is 14.0. The highest BCUT2D eigenvalue weighted by molar-refractivity contribution is 7.92. The summed E-state index contributed by atoms with van der Waals surface area (Å²) in [6.07, 6.45) is -4.19. The molecule has 0 bridgehead atoms. The summed E-state index contributed by atoms with van der Waals surface area (Å²) in [4.78, 5) is 31.7. The Balaban J connectivity index is 1.61. The number of nitrogens with one attached hydrogen (secondary N) is 2. The smallest absolute Gasteiger partial charge is 0.405 e. The zero-order valence-electron chi connectivity index (χ0n) is 32.2. The monoisotopic (exact) mass is 892 g/mol. The fourth-order valence-corrected chi connectivity index (χ4v) is 8.44. The highest BCUT2D eigenvalue weighted by Gasteiger charge is 2.34. The largest absolute Gasteiger partial charge is 0.497 e. The van der Waals surface area contributed by atoms with Gasteiger partial charge in [-0.2, -0.15) is 5.10 Å². The third-order valence-electron chi connectivity index (χ3n) is 9.93. The number of aryl methyl sites for hydroxylation is 1. The SMILES string of the molecule is COc1ccc(CCS(=O)(=O)Nc2nn(CC(F)F)c3c(-n4c([C@H](Cc5cc(F)cc(F)c5)NC(=O)O)nc5cc(C(C)(C)S(C)(=O)=O)ccc5c4=O)ccc(Cl)c23)cc1. The number of hydrogen-bond acceptors (Lipinski definition) is 9. The molecule has 0 radical (unpaired) electrons. The van der Waals surface area contributed by atoms with Crippen LogP contribution in [0.4, 0.5) is 28.2 Å². The fourth-order valence-electron chi connectivity index (χ4n) is 6.60. The van der Waals surface area contributed by atoms with Crippen molar-refractivity contribution in [2.45, 2.75) is 50.4 Å². The molecule has 60 heavy (non-hydrogen) atoms. The molecule has 21 heteroatoms. The van der Waals surface area contributed by atoms with Gasteiger partial charge in [-0.15, -0.1) is 0 Å². The number of alkyl halides is 2. The van der Waals surface area contributed by atoms with E-state index in [4.69, 9.17) is 16.3 Å². The van der Waals surface area contributed by atoms with Crippen molar-refractivity contribution in [3.63, 3.8) is 0 Å².